The van der Waals surface area contributed by atoms with Gasteiger partial charge in [-0.3, -0.25) is 0 Å². The number of fused-ring (bicyclic) bond motifs is 3. The Morgan fingerprint density at radius 3 is 2.20 bits per heavy atom. The van der Waals surface area contributed by atoms with Crippen molar-refractivity contribution >= 4 is 11.3 Å². The van der Waals surface area contributed by atoms with Gasteiger partial charge in [0.25, 0.3) is 0 Å². The Labute approximate surface area is 215 Å². The number of aromatic nitrogens is 2. The molecule has 4 heteroatoms. The number of aryl methyl sites for hydroxylation is 3. The van der Waals surface area contributed by atoms with Crippen molar-refractivity contribution in [3.8, 4) is 21.7 Å². The molecular weight excluding hydrogens is 451 g/mol. The fraction of sp³-hybridized carbons (Fsp3) is 0.548. The highest BCUT2D eigenvalue weighted by Gasteiger charge is 2.20. The van der Waals surface area contributed by atoms with E-state index < -0.39 is 6.17 Å². The maximum Gasteiger partial charge on any atom is 0.153 e. The molecule has 2 aromatic carbocycles. The van der Waals surface area contributed by atoms with Gasteiger partial charge in [0.05, 0.1) is 0 Å². The maximum atomic E-state index is 14.6. The molecule has 0 saturated carbocycles. The van der Waals surface area contributed by atoms with E-state index in [4.69, 9.17) is 0 Å². The molecule has 0 spiro atoms. The quantitative estimate of drug-likeness (QED) is 0.209. The SMILES string of the molecule is CCCCCCCCc1ccc2c(c1)CCc1cc(-c3nnc(C(F)CCCCCC)s3)ccc1-2. The molecule has 1 aromatic heterocycles. The Morgan fingerprint density at radius 2 is 1.43 bits per heavy atom. The van der Waals surface area contributed by atoms with Crippen LogP contribution in [-0.4, -0.2) is 10.2 Å². The van der Waals surface area contributed by atoms with E-state index in [1.165, 1.54) is 96.9 Å². The van der Waals surface area contributed by atoms with Gasteiger partial charge >= 0.3 is 0 Å². The van der Waals surface area contributed by atoms with Crippen LogP contribution in [0.15, 0.2) is 36.4 Å². The predicted molar refractivity (Wildman–Crippen MR) is 148 cm³/mol. The number of alkyl halides is 1. The van der Waals surface area contributed by atoms with Crippen LogP contribution in [0.25, 0.3) is 21.7 Å². The molecule has 0 N–H and O–H groups in total. The Morgan fingerprint density at radius 1 is 0.771 bits per heavy atom. The Hall–Kier alpha value is -2.07. The van der Waals surface area contributed by atoms with Gasteiger partial charge in [-0.15, -0.1) is 10.2 Å². The van der Waals surface area contributed by atoms with Crippen LogP contribution in [0.2, 0.25) is 0 Å². The van der Waals surface area contributed by atoms with E-state index >= 15 is 0 Å². The van der Waals surface area contributed by atoms with Gasteiger partial charge in [-0.25, -0.2) is 4.39 Å². The summed E-state index contributed by atoms with van der Waals surface area (Å²) in [5.41, 5.74) is 8.11. The summed E-state index contributed by atoms with van der Waals surface area (Å²) in [6, 6.07) is 13.7. The predicted octanol–water partition coefficient (Wildman–Crippen LogP) is 9.85. The van der Waals surface area contributed by atoms with Crippen molar-refractivity contribution < 1.29 is 4.39 Å². The lowest BCUT2D eigenvalue weighted by atomic mass is 9.83. The maximum absolute atomic E-state index is 14.6. The monoisotopic (exact) mass is 492 g/mol. The molecule has 0 aliphatic heterocycles. The van der Waals surface area contributed by atoms with Crippen molar-refractivity contribution in [3.05, 3.63) is 58.1 Å². The molecule has 2 nitrogen and oxygen atoms in total. The molecule has 0 amide bonds. The second kappa shape index (κ2) is 13.3. The summed E-state index contributed by atoms with van der Waals surface area (Å²) in [4.78, 5) is 0. The molecule has 0 fully saturated rings. The number of hydrogen-bond donors (Lipinski definition) is 0. The summed E-state index contributed by atoms with van der Waals surface area (Å²) in [5, 5.41) is 9.88. The zero-order chi connectivity index (χ0) is 24.5. The van der Waals surface area contributed by atoms with Crippen molar-refractivity contribution in [3.63, 3.8) is 0 Å². The number of hydrogen-bond acceptors (Lipinski definition) is 3. The van der Waals surface area contributed by atoms with Crippen LogP contribution in [0.1, 0.15) is 112 Å². The van der Waals surface area contributed by atoms with Crippen LogP contribution < -0.4 is 0 Å². The van der Waals surface area contributed by atoms with E-state index in [2.05, 4.69) is 60.4 Å². The van der Waals surface area contributed by atoms with Crippen molar-refractivity contribution in [2.24, 2.45) is 0 Å². The summed E-state index contributed by atoms with van der Waals surface area (Å²) >= 11 is 1.41. The fourth-order valence-corrected chi connectivity index (χ4v) is 6.05. The van der Waals surface area contributed by atoms with Gasteiger partial charge in [0, 0.05) is 5.56 Å². The minimum absolute atomic E-state index is 0.525. The van der Waals surface area contributed by atoms with E-state index in [0.29, 0.717) is 11.4 Å². The van der Waals surface area contributed by atoms with E-state index in [1.54, 1.807) is 0 Å². The number of benzene rings is 2. The summed E-state index contributed by atoms with van der Waals surface area (Å²) in [7, 11) is 0. The minimum Gasteiger partial charge on any atom is -0.240 e. The molecule has 1 heterocycles. The Balaban J connectivity index is 1.39. The van der Waals surface area contributed by atoms with Crippen LogP contribution in [0.5, 0.6) is 0 Å². The van der Waals surface area contributed by atoms with Crippen LogP contribution in [0, 0.1) is 0 Å². The smallest absolute Gasteiger partial charge is 0.153 e. The molecule has 1 aliphatic carbocycles. The number of unbranched alkanes of at least 4 members (excludes halogenated alkanes) is 8. The first-order valence-electron chi connectivity index (χ1n) is 13.9. The second-order valence-electron chi connectivity index (χ2n) is 10.1. The van der Waals surface area contributed by atoms with Gasteiger partial charge in [0.2, 0.25) is 0 Å². The van der Waals surface area contributed by atoms with Gasteiger partial charge in [0.1, 0.15) is 5.01 Å². The minimum atomic E-state index is -0.992. The summed E-state index contributed by atoms with van der Waals surface area (Å²) < 4.78 is 14.6. The highest BCUT2D eigenvalue weighted by molar-refractivity contribution is 7.14. The third-order valence-corrected chi connectivity index (χ3v) is 8.37. The highest BCUT2D eigenvalue weighted by atomic mass is 32.1. The first kappa shape index (κ1) is 26.0. The average Bonchev–Trinajstić information content (AvgIpc) is 3.38. The van der Waals surface area contributed by atoms with Crippen molar-refractivity contribution in [1.82, 2.24) is 10.2 Å². The van der Waals surface area contributed by atoms with E-state index in [1.807, 2.05) is 0 Å². The molecule has 1 unspecified atom stereocenters. The van der Waals surface area contributed by atoms with Crippen LogP contribution in [0.3, 0.4) is 0 Å². The molecular formula is C31H41FN2S. The van der Waals surface area contributed by atoms with Crippen LogP contribution in [0.4, 0.5) is 4.39 Å². The zero-order valence-electron chi connectivity index (χ0n) is 21.6. The molecule has 188 valence electrons. The lowest BCUT2D eigenvalue weighted by Gasteiger charge is -2.21. The number of halogens is 1. The number of nitrogens with zero attached hydrogens (tertiary/aromatic N) is 2. The van der Waals surface area contributed by atoms with Gasteiger partial charge in [-0.1, -0.05) is 113 Å². The fourth-order valence-electron chi connectivity index (χ4n) is 5.20. The topological polar surface area (TPSA) is 25.8 Å². The third-order valence-electron chi connectivity index (χ3n) is 7.31. The third kappa shape index (κ3) is 7.00. The van der Waals surface area contributed by atoms with Gasteiger partial charge in [-0.2, -0.15) is 0 Å². The average molecular weight is 493 g/mol. The van der Waals surface area contributed by atoms with Crippen LogP contribution >= 0.6 is 11.3 Å². The van der Waals surface area contributed by atoms with E-state index in [-0.39, 0.29) is 0 Å². The lowest BCUT2D eigenvalue weighted by molar-refractivity contribution is 0.310. The van der Waals surface area contributed by atoms with Gasteiger partial charge in [-0.05, 0) is 66.0 Å². The van der Waals surface area contributed by atoms with Gasteiger partial charge in [0.15, 0.2) is 11.2 Å². The zero-order valence-corrected chi connectivity index (χ0v) is 22.4. The molecule has 1 atom stereocenters. The summed E-state index contributed by atoms with van der Waals surface area (Å²) in [5.74, 6) is 0. The van der Waals surface area contributed by atoms with Crippen molar-refractivity contribution in [2.75, 3.05) is 0 Å². The second-order valence-corrected chi connectivity index (χ2v) is 11.2. The molecule has 0 bridgehead atoms. The molecule has 1 aliphatic rings. The van der Waals surface area contributed by atoms with Crippen molar-refractivity contribution in [1.29, 1.82) is 0 Å². The summed E-state index contributed by atoms with van der Waals surface area (Å²) in [6.45, 7) is 4.45. The standard InChI is InChI=1S/C31H41FN2S/c1-3-5-7-9-10-11-13-23-15-19-27-24(21-23)16-17-25-22-26(18-20-28(25)27)30-33-34-31(35-30)29(32)14-12-8-6-4-2/h15,18-22,29H,3-14,16-17H2,1-2H3. The summed E-state index contributed by atoms with van der Waals surface area (Å²) in [6.07, 6.45) is 15.3. The van der Waals surface area contributed by atoms with E-state index in [9.17, 15) is 4.39 Å². The molecule has 0 radical (unpaired) electrons. The van der Waals surface area contributed by atoms with Crippen molar-refractivity contribution in [2.45, 2.75) is 110 Å². The largest absolute Gasteiger partial charge is 0.240 e. The Bertz CT molecular complexity index is 1070. The van der Waals surface area contributed by atoms with Crippen LogP contribution in [-0.2, 0) is 19.3 Å². The Kier molecular flexibility index (Phi) is 9.88. The molecule has 0 saturated heterocycles. The molecule has 35 heavy (non-hydrogen) atoms. The van der Waals surface area contributed by atoms with E-state index in [0.717, 1.165) is 36.3 Å². The molecule has 4 rings (SSSR count). The normalized spacial score (nSPS) is 13.5. The first-order chi connectivity index (χ1) is 17.2. The lowest BCUT2D eigenvalue weighted by Crippen LogP contribution is -2.05. The molecule has 3 aromatic rings. The van der Waals surface area contributed by atoms with Gasteiger partial charge < -0.3 is 0 Å². The first-order valence-corrected chi connectivity index (χ1v) is 14.7. The number of rotatable bonds is 14. The highest BCUT2D eigenvalue weighted by Crippen LogP contribution is 2.38.